The monoisotopic (exact) mass is 177 g/mol. The van der Waals surface area contributed by atoms with Gasteiger partial charge in [0.2, 0.25) is 5.82 Å². The minimum Gasteiger partial charge on any atom is -0.426 e. The molecule has 0 aliphatic rings. The smallest absolute Gasteiger partial charge is 0.287 e. The Labute approximate surface area is 73.4 Å². The van der Waals surface area contributed by atoms with E-state index in [4.69, 9.17) is 5.73 Å². The molecule has 0 aliphatic heterocycles. The van der Waals surface area contributed by atoms with Gasteiger partial charge >= 0.3 is 0 Å². The van der Waals surface area contributed by atoms with E-state index in [2.05, 4.69) is 4.98 Å². The predicted octanol–water partition coefficient (Wildman–Crippen LogP) is 0.372. The lowest BCUT2D eigenvalue weighted by atomic mass is 10.3. The maximum atomic E-state index is 10.8. The highest BCUT2D eigenvalue weighted by Crippen LogP contribution is 2.12. The number of imidazole rings is 1. The van der Waals surface area contributed by atoms with Gasteiger partial charge in [-0.3, -0.25) is 4.79 Å². The molecule has 1 heterocycles. The van der Waals surface area contributed by atoms with Gasteiger partial charge in [0, 0.05) is 0 Å². The van der Waals surface area contributed by atoms with Crippen LogP contribution < -0.4 is 5.73 Å². The molecule has 1 aromatic heterocycles. The molecule has 0 radical (unpaired) electrons. The van der Waals surface area contributed by atoms with Crippen LogP contribution in [0, 0.1) is 0 Å². The molecule has 13 heavy (non-hydrogen) atoms. The summed E-state index contributed by atoms with van der Waals surface area (Å²) in [7, 11) is 0. The Morgan fingerprint density at radius 3 is 2.77 bits per heavy atom. The number of nitrogens with two attached hydrogens (primary N) is 1. The summed E-state index contributed by atoms with van der Waals surface area (Å²) in [5.74, 6) is -0.903. The zero-order chi connectivity index (χ0) is 9.42. The summed E-state index contributed by atoms with van der Waals surface area (Å²) in [6.45, 7) is 0. The van der Waals surface area contributed by atoms with Gasteiger partial charge in [-0.05, 0) is 12.1 Å². The molecule has 5 heteroatoms. The van der Waals surface area contributed by atoms with E-state index in [0.717, 1.165) is 0 Å². The number of amides is 1. The van der Waals surface area contributed by atoms with Crippen molar-refractivity contribution in [2.45, 2.75) is 0 Å². The van der Waals surface area contributed by atoms with Crippen LogP contribution in [0.4, 0.5) is 0 Å². The van der Waals surface area contributed by atoms with Gasteiger partial charge in [-0.15, -0.1) is 0 Å². The van der Waals surface area contributed by atoms with Crippen molar-refractivity contribution in [3.63, 3.8) is 0 Å². The summed E-state index contributed by atoms with van der Waals surface area (Å²) >= 11 is 0. The van der Waals surface area contributed by atoms with Gasteiger partial charge in [-0.1, -0.05) is 12.1 Å². The summed E-state index contributed by atoms with van der Waals surface area (Å²) in [6.07, 6.45) is 0. The van der Waals surface area contributed by atoms with Crippen molar-refractivity contribution in [1.29, 1.82) is 0 Å². The van der Waals surface area contributed by atoms with Crippen LogP contribution in [0.3, 0.4) is 0 Å². The van der Waals surface area contributed by atoms with Crippen molar-refractivity contribution in [2.24, 2.45) is 5.73 Å². The number of benzene rings is 1. The summed E-state index contributed by atoms with van der Waals surface area (Å²) in [5.41, 5.74) is 6.01. The lowest BCUT2D eigenvalue weighted by molar-refractivity contribution is 0.0948. The van der Waals surface area contributed by atoms with Crippen molar-refractivity contribution in [3.8, 4) is 0 Å². The van der Waals surface area contributed by atoms with E-state index in [1.807, 2.05) is 0 Å². The molecule has 2 rings (SSSR count). The second-order valence-corrected chi connectivity index (χ2v) is 2.60. The van der Waals surface area contributed by atoms with E-state index >= 15 is 0 Å². The van der Waals surface area contributed by atoms with Crippen LogP contribution in [0.1, 0.15) is 10.6 Å². The fraction of sp³-hybridized carbons (Fsp3) is 0. The summed E-state index contributed by atoms with van der Waals surface area (Å²) in [4.78, 5) is 14.6. The van der Waals surface area contributed by atoms with Crippen LogP contribution in [0.15, 0.2) is 24.3 Å². The normalized spacial score (nSPS) is 10.5. The number of carbonyl (C=O) groups is 1. The average molecular weight is 177 g/mol. The molecular weight excluding hydrogens is 170 g/mol. The highest BCUT2D eigenvalue weighted by molar-refractivity contribution is 5.93. The largest absolute Gasteiger partial charge is 0.426 e. The van der Waals surface area contributed by atoms with Crippen LogP contribution in [-0.4, -0.2) is 20.8 Å². The maximum absolute atomic E-state index is 10.8. The van der Waals surface area contributed by atoms with Crippen LogP contribution in [0.25, 0.3) is 11.0 Å². The Kier molecular flexibility index (Phi) is 1.45. The van der Waals surface area contributed by atoms with Gasteiger partial charge in [0.1, 0.15) is 5.52 Å². The fourth-order valence-corrected chi connectivity index (χ4v) is 1.17. The van der Waals surface area contributed by atoms with Crippen molar-refractivity contribution in [3.05, 3.63) is 30.1 Å². The lowest BCUT2D eigenvalue weighted by Gasteiger charge is -1.94. The molecule has 0 unspecified atom stereocenters. The Morgan fingerprint density at radius 1 is 1.46 bits per heavy atom. The minimum absolute atomic E-state index is 0.152. The van der Waals surface area contributed by atoms with E-state index in [1.165, 1.54) is 0 Å². The number of carbonyl (C=O) groups excluding carboxylic acids is 1. The van der Waals surface area contributed by atoms with E-state index < -0.39 is 5.91 Å². The standard InChI is InChI=1S/C8H7N3O2/c9-7(12)8-10-5-3-1-2-4-6(5)11(8)13/h1-4,13H,(H2,9,12). The van der Waals surface area contributed by atoms with Gasteiger partial charge in [0.05, 0.1) is 5.52 Å². The summed E-state index contributed by atoms with van der Waals surface area (Å²) in [6, 6.07) is 6.84. The van der Waals surface area contributed by atoms with Gasteiger partial charge in [0.15, 0.2) is 0 Å². The average Bonchev–Trinajstić information content (AvgIpc) is 2.45. The first kappa shape index (κ1) is 7.60. The van der Waals surface area contributed by atoms with E-state index in [9.17, 15) is 10.0 Å². The molecule has 0 bridgehead atoms. The molecule has 0 saturated carbocycles. The number of hydrogen-bond acceptors (Lipinski definition) is 3. The molecule has 66 valence electrons. The van der Waals surface area contributed by atoms with Crippen LogP contribution in [0.2, 0.25) is 0 Å². The topological polar surface area (TPSA) is 81.1 Å². The van der Waals surface area contributed by atoms with Crippen LogP contribution >= 0.6 is 0 Å². The number of hydrogen-bond donors (Lipinski definition) is 2. The van der Waals surface area contributed by atoms with Crippen molar-refractivity contribution in [1.82, 2.24) is 9.71 Å². The molecule has 5 nitrogen and oxygen atoms in total. The molecule has 0 spiro atoms. The SMILES string of the molecule is NC(=O)c1nc2ccccc2n1O. The minimum atomic E-state index is -0.751. The summed E-state index contributed by atoms with van der Waals surface area (Å²) < 4.78 is 0.692. The molecule has 3 N–H and O–H groups in total. The van der Waals surface area contributed by atoms with E-state index in [1.54, 1.807) is 24.3 Å². The third-order valence-electron chi connectivity index (χ3n) is 1.76. The quantitative estimate of drug-likeness (QED) is 0.617. The predicted molar refractivity (Wildman–Crippen MR) is 45.4 cm³/mol. The number of aromatic nitrogens is 2. The first-order chi connectivity index (χ1) is 6.20. The van der Waals surface area contributed by atoms with Gasteiger partial charge in [-0.2, -0.15) is 4.73 Å². The Bertz CT molecular complexity index is 475. The highest BCUT2D eigenvalue weighted by atomic mass is 16.5. The second kappa shape index (κ2) is 2.48. The maximum Gasteiger partial charge on any atom is 0.287 e. The molecule has 0 fully saturated rings. The molecular formula is C8H7N3O2. The molecule has 1 amide bonds. The third kappa shape index (κ3) is 1.01. The highest BCUT2D eigenvalue weighted by Gasteiger charge is 2.13. The Balaban J connectivity index is 2.81. The lowest BCUT2D eigenvalue weighted by Crippen LogP contribution is -2.16. The molecule has 0 aliphatic carbocycles. The first-order valence-electron chi connectivity index (χ1n) is 3.66. The van der Waals surface area contributed by atoms with E-state index in [-0.39, 0.29) is 5.82 Å². The fourth-order valence-electron chi connectivity index (χ4n) is 1.17. The number of para-hydroxylation sites is 2. The van der Waals surface area contributed by atoms with Gasteiger partial charge < -0.3 is 10.9 Å². The number of fused-ring (bicyclic) bond motifs is 1. The van der Waals surface area contributed by atoms with Gasteiger partial charge in [-0.25, -0.2) is 4.98 Å². The Morgan fingerprint density at radius 2 is 2.15 bits per heavy atom. The molecule has 0 atom stereocenters. The van der Waals surface area contributed by atoms with E-state index in [0.29, 0.717) is 15.8 Å². The zero-order valence-corrected chi connectivity index (χ0v) is 6.64. The zero-order valence-electron chi connectivity index (χ0n) is 6.64. The van der Waals surface area contributed by atoms with Crippen LogP contribution in [0.5, 0.6) is 0 Å². The number of nitrogens with zero attached hydrogens (tertiary/aromatic N) is 2. The molecule has 0 saturated heterocycles. The second-order valence-electron chi connectivity index (χ2n) is 2.60. The summed E-state index contributed by atoms with van der Waals surface area (Å²) in [5, 5.41) is 9.41. The van der Waals surface area contributed by atoms with Crippen molar-refractivity contribution < 1.29 is 10.0 Å². The van der Waals surface area contributed by atoms with Crippen LogP contribution in [-0.2, 0) is 0 Å². The number of primary amides is 1. The van der Waals surface area contributed by atoms with Crippen molar-refractivity contribution >= 4 is 16.9 Å². The number of rotatable bonds is 1. The molecule has 2 aromatic rings. The van der Waals surface area contributed by atoms with Crippen molar-refractivity contribution in [2.75, 3.05) is 0 Å². The molecule has 1 aromatic carbocycles. The third-order valence-corrected chi connectivity index (χ3v) is 1.76. The first-order valence-corrected chi connectivity index (χ1v) is 3.66. The van der Waals surface area contributed by atoms with Gasteiger partial charge in [0.25, 0.3) is 5.91 Å². The Hall–Kier alpha value is -2.04.